The summed E-state index contributed by atoms with van der Waals surface area (Å²) in [6, 6.07) is 3.03. The van der Waals surface area contributed by atoms with E-state index in [2.05, 4.69) is 10.3 Å². The Morgan fingerprint density at radius 1 is 1.38 bits per heavy atom. The molecule has 1 aliphatic carbocycles. The third kappa shape index (κ3) is 2.07. The van der Waals surface area contributed by atoms with Crippen LogP contribution in [0, 0.1) is 18.7 Å². The fraction of sp³-hybridized carbons (Fsp3) is 0.500. The molecule has 0 bridgehead atoms. The summed E-state index contributed by atoms with van der Waals surface area (Å²) in [5.41, 5.74) is 2.35. The lowest BCUT2D eigenvalue weighted by atomic mass is 9.97. The van der Waals surface area contributed by atoms with Crippen LogP contribution in [0.1, 0.15) is 41.4 Å². The number of hydrogen-bond donors (Lipinski definition) is 1. The lowest BCUT2D eigenvalue weighted by Gasteiger charge is -2.10. The zero-order chi connectivity index (χ0) is 14.6. The molecule has 2 heterocycles. The van der Waals surface area contributed by atoms with Gasteiger partial charge in [0.1, 0.15) is 11.6 Å². The van der Waals surface area contributed by atoms with Gasteiger partial charge in [0.25, 0.3) is 0 Å². The van der Waals surface area contributed by atoms with E-state index in [1.807, 2.05) is 6.92 Å². The molecule has 110 valence electrons. The van der Waals surface area contributed by atoms with Gasteiger partial charge in [0.2, 0.25) is 5.91 Å². The number of nitrogens with one attached hydrogen (secondary N) is 1. The van der Waals surface area contributed by atoms with Gasteiger partial charge in [-0.2, -0.15) is 0 Å². The molecule has 1 saturated heterocycles. The van der Waals surface area contributed by atoms with E-state index < -0.39 is 0 Å². The summed E-state index contributed by atoms with van der Waals surface area (Å²) in [5, 5.41) is 3.30. The van der Waals surface area contributed by atoms with Crippen molar-refractivity contribution in [3.63, 3.8) is 0 Å². The molecule has 2 fully saturated rings. The molecule has 4 nitrogen and oxygen atoms in total. The Morgan fingerprint density at radius 3 is 2.86 bits per heavy atom. The van der Waals surface area contributed by atoms with E-state index >= 15 is 0 Å². The Morgan fingerprint density at radius 2 is 2.19 bits per heavy atom. The first-order valence-electron chi connectivity index (χ1n) is 7.58. The summed E-state index contributed by atoms with van der Waals surface area (Å²) in [6.45, 7) is 3.62. The number of nitrogens with zero attached hydrogens (tertiary/aromatic N) is 2. The van der Waals surface area contributed by atoms with E-state index in [0.717, 1.165) is 43.4 Å². The molecule has 5 heteroatoms. The van der Waals surface area contributed by atoms with Gasteiger partial charge in [0.15, 0.2) is 0 Å². The van der Waals surface area contributed by atoms with Crippen LogP contribution < -0.4 is 5.32 Å². The normalized spacial score (nSPS) is 22.1. The molecule has 1 aliphatic heterocycles. The Bertz CT molecular complexity index is 727. The second-order valence-corrected chi connectivity index (χ2v) is 6.16. The number of fused-ring (bicyclic) bond motifs is 1. The molecule has 1 atom stereocenters. The molecule has 1 saturated carbocycles. The maximum Gasteiger partial charge on any atom is 0.235 e. The lowest BCUT2D eigenvalue weighted by molar-refractivity contribution is 0.0888. The van der Waals surface area contributed by atoms with Crippen molar-refractivity contribution < 1.29 is 9.18 Å². The highest BCUT2D eigenvalue weighted by atomic mass is 19.1. The minimum atomic E-state index is -0.283. The second kappa shape index (κ2) is 4.63. The minimum absolute atomic E-state index is 0.0658. The Kier molecular flexibility index (Phi) is 2.85. The third-order valence-electron chi connectivity index (χ3n) is 4.57. The molecular formula is C16H18FN3O. The summed E-state index contributed by atoms with van der Waals surface area (Å²) in [7, 11) is 0. The van der Waals surface area contributed by atoms with Gasteiger partial charge in [-0.3, -0.25) is 9.36 Å². The van der Waals surface area contributed by atoms with E-state index in [1.165, 1.54) is 6.07 Å². The number of hydrogen-bond acceptors (Lipinski definition) is 3. The number of imidazole rings is 1. The molecule has 1 N–H and O–H groups in total. The van der Waals surface area contributed by atoms with Crippen molar-refractivity contribution in [2.24, 2.45) is 5.92 Å². The summed E-state index contributed by atoms with van der Waals surface area (Å²) in [6.07, 6.45) is 2.86. The summed E-state index contributed by atoms with van der Waals surface area (Å²) in [5.74, 6) is 0.827. The zero-order valence-corrected chi connectivity index (χ0v) is 12.0. The van der Waals surface area contributed by atoms with Gasteiger partial charge in [0, 0.05) is 18.5 Å². The first-order valence-corrected chi connectivity index (χ1v) is 7.58. The fourth-order valence-corrected chi connectivity index (χ4v) is 3.31. The van der Waals surface area contributed by atoms with E-state index in [1.54, 1.807) is 10.6 Å². The average Bonchev–Trinajstić information content (AvgIpc) is 3.05. The number of halogens is 1. The Balaban J connectivity index is 1.91. The molecular weight excluding hydrogens is 269 g/mol. The maximum absolute atomic E-state index is 14.0. The number of carbonyl (C=O) groups is 1. The van der Waals surface area contributed by atoms with Gasteiger partial charge in [-0.25, -0.2) is 9.37 Å². The number of aryl methyl sites for hydroxylation is 1. The van der Waals surface area contributed by atoms with Crippen molar-refractivity contribution >= 4 is 16.9 Å². The topological polar surface area (TPSA) is 46.9 Å². The molecule has 0 spiro atoms. The number of benzene rings is 1. The third-order valence-corrected chi connectivity index (χ3v) is 4.57. The first kappa shape index (κ1) is 13.0. The van der Waals surface area contributed by atoms with Crippen LogP contribution in [-0.4, -0.2) is 28.5 Å². The van der Waals surface area contributed by atoms with Crippen molar-refractivity contribution in [2.75, 3.05) is 13.1 Å². The van der Waals surface area contributed by atoms with Crippen LogP contribution in [-0.2, 0) is 0 Å². The van der Waals surface area contributed by atoms with Gasteiger partial charge in [-0.05, 0) is 50.3 Å². The summed E-state index contributed by atoms with van der Waals surface area (Å²) >= 11 is 0. The van der Waals surface area contributed by atoms with Crippen LogP contribution >= 0.6 is 0 Å². The van der Waals surface area contributed by atoms with Crippen LogP contribution in [0.5, 0.6) is 0 Å². The second-order valence-electron chi connectivity index (χ2n) is 6.16. The fourth-order valence-electron chi connectivity index (χ4n) is 3.31. The standard InChI is InChI=1S/C16H18FN3O/c1-9-19-15-13(11-4-5-18-8-11)6-12(17)7-14(15)20(9)16(21)10-2-3-10/h6-7,10-11,18H,2-5,8H2,1H3. The van der Waals surface area contributed by atoms with Gasteiger partial charge in [-0.1, -0.05) is 0 Å². The molecule has 0 amide bonds. The zero-order valence-electron chi connectivity index (χ0n) is 12.0. The smallest absolute Gasteiger partial charge is 0.235 e. The van der Waals surface area contributed by atoms with Crippen molar-refractivity contribution in [3.05, 3.63) is 29.3 Å². The highest BCUT2D eigenvalue weighted by molar-refractivity contribution is 5.94. The Hall–Kier alpha value is -1.75. The van der Waals surface area contributed by atoms with Gasteiger partial charge < -0.3 is 5.32 Å². The van der Waals surface area contributed by atoms with Crippen LogP contribution in [0.3, 0.4) is 0 Å². The monoisotopic (exact) mass is 287 g/mol. The van der Waals surface area contributed by atoms with Crippen LogP contribution in [0.2, 0.25) is 0 Å². The van der Waals surface area contributed by atoms with Gasteiger partial charge in [-0.15, -0.1) is 0 Å². The van der Waals surface area contributed by atoms with E-state index in [4.69, 9.17) is 0 Å². The lowest BCUT2D eigenvalue weighted by Crippen LogP contribution is -2.14. The molecule has 0 radical (unpaired) electrons. The van der Waals surface area contributed by atoms with Crippen molar-refractivity contribution in [1.82, 2.24) is 14.9 Å². The molecule has 21 heavy (non-hydrogen) atoms. The number of carbonyl (C=O) groups excluding carboxylic acids is 1. The van der Waals surface area contributed by atoms with Crippen molar-refractivity contribution in [3.8, 4) is 0 Å². The molecule has 1 unspecified atom stereocenters. The van der Waals surface area contributed by atoms with Crippen LogP contribution in [0.4, 0.5) is 4.39 Å². The predicted octanol–water partition coefficient (Wildman–Crippen LogP) is 2.61. The largest absolute Gasteiger partial charge is 0.316 e. The van der Waals surface area contributed by atoms with Crippen molar-refractivity contribution in [2.45, 2.75) is 32.1 Å². The van der Waals surface area contributed by atoms with Crippen LogP contribution in [0.15, 0.2) is 12.1 Å². The highest BCUT2D eigenvalue weighted by Crippen LogP contribution is 2.35. The molecule has 1 aromatic carbocycles. The van der Waals surface area contributed by atoms with E-state index in [-0.39, 0.29) is 23.6 Å². The van der Waals surface area contributed by atoms with Gasteiger partial charge in [0.05, 0.1) is 11.0 Å². The Labute approximate surface area is 122 Å². The average molecular weight is 287 g/mol. The molecule has 2 aromatic rings. The summed E-state index contributed by atoms with van der Waals surface area (Å²) in [4.78, 5) is 17.0. The van der Waals surface area contributed by atoms with Crippen LogP contribution in [0.25, 0.3) is 11.0 Å². The molecule has 1 aromatic heterocycles. The number of aromatic nitrogens is 2. The quantitative estimate of drug-likeness (QED) is 0.923. The van der Waals surface area contributed by atoms with Gasteiger partial charge >= 0.3 is 0 Å². The maximum atomic E-state index is 14.0. The first-order chi connectivity index (χ1) is 10.1. The van der Waals surface area contributed by atoms with E-state index in [0.29, 0.717) is 11.3 Å². The summed E-state index contributed by atoms with van der Waals surface area (Å²) < 4.78 is 15.7. The molecule has 4 rings (SSSR count). The minimum Gasteiger partial charge on any atom is -0.316 e. The number of rotatable bonds is 2. The molecule has 2 aliphatic rings. The van der Waals surface area contributed by atoms with Crippen molar-refractivity contribution in [1.29, 1.82) is 0 Å². The SMILES string of the molecule is Cc1nc2c(C3CCNC3)cc(F)cc2n1C(=O)C1CC1. The highest BCUT2D eigenvalue weighted by Gasteiger charge is 2.33. The predicted molar refractivity (Wildman–Crippen MR) is 78.0 cm³/mol. The van der Waals surface area contributed by atoms with E-state index in [9.17, 15) is 9.18 Å².